The van der Waals surface area contributed by atoms with E-state index in [0.717, 1.165) is 21.8 Å². The Labute approximate surface area is 137 Å². The predicted octanol–water partition coefficient (Wildman–Crippen LogP) is 5.48. The number of ketones is 1. The number of thiophene rings is 2. The Bertz CT molecular complexity index is 851. The van der Waals surface area contributed by atoms with Crippen molar-refractivity contribution in [3.63, 3.8) is 0 Å². The Hall–Kier alpha value is -1.91. The molecular formula is C18H16O2S2. The lowest BCUT2D eigenvalue weighted by atomic mass is 10.1. The molecule has 1 aromatic carbocycles. The van der Waals surface area contributed by atoms with Crippen molar-refractivity contribution >= 4 is 43.9 Å². The molecule has 2 heterocycles. The third kappa shape index (κ3) is 2.72. The highest BCUT2D eigenvalue weighted by Gasteiger charge is 2.16. The van der Waals surface area contributed by atoms with Crippen molar-refractivity contribution in [3.8, 4) is 5.75 Å². The summed E-state index contributed by atoms with van der Waals surface area (Å²) in [7, 11) is 1.64. The summed E-state index contributed by atoms with van der Waals surface area (Å²) in [5, 5.41) is 3.39. The Morgan fingerprint density at radius 1 is 1.18 bits per heavy atom. The van der Waals surface area contributed by atoms with E-state index >= 15 is 0 Å². The molecule has 0 radical (unpaired) electrons. The van der Waals surface area contributed by atoms with Gasteiger partial charge >= 0.3 is 0 Å². The maximum absolute atomic E-state index is 12.4. The van der Waals surface area contributed by atoms with Crippen LogP contribution in [0.3, 0.4) is 0 Å². The predicted molar refractivity (Wildman–Crippen MR) is 95.5 cm³/mol. The van der Waals surface area contributed by atoms with E-state index in [4.69, 9.17) is 4.74 Å². The van der Waals surface area contributed by atoms with Crippen molar-refractivity contribution in [1.29, 1.82) is 0 Å². The van der Waals surface area contributed by atoms with Crippen LogP contribution in [0.4, 0.5) is 0 Å². The minimum absolute atomic E-state index is 0.0705. The fraction of sp³-hybridized carbons (Fsp3) is 0.167. The van der Waals surface area contributed by atoms with Crippen LogP contribution in [0, 0.1) is 13.8 Å². The number of ether oxygens (including phenoxy) is 1. The number of methoxy groups -OCH3 is 1. The number of carbonyl (C=O) groups excluding carboxylic acids is 1. The molecule has 0 saturated carbocycles. The van der Waals surface area contributed by atoms with Crippen molar-refractivity contribution in [1.82, 2.24) is 0 Å². The van der Waals surface area contributed by atoms with E-state index in [1.807, 2.05) is 37.3 Å². The minimum atomic E-state index is 0.0705. The third-order valence-electron chi connectivity index (χ3n) is 3.62. The van der Waals surface area contributed by atoms with Gasteiger partial charge in [0.05, 0.1) is 16.0 Å². The number of rotatable bonds is 4. The zero-order valence-electron chi connectivity index (χ0n) is 12.7. The van der Waals surface area contributed by atoms with E-state index in [2.05, 4.69) is 12.3 Å². The van der Waals surface area contributed by atoms with Crippen LogP contribution in [0.15, 0.2) is 35.7 Å². The topological polar surface area (TPSA) is 26.3 Å². The molecule has 4 heteroatoms. The summed E-state index contributed by atoms with van der Waals surface area (Å²) in [5.74, 6) is 0.884. The molecule has 0 aliphatic rings. The molecule has 0 aliphatic heterocycles. The molecule has 0 spiro atoms. The fourth-order valence-electron chi connectivity index (χ4n) is 2.43. The molecule has 0 saturated heterocycles. The highest BCUT2D eigenvalue weighted by Crippen LogP contribution is 2.37. The second kappa shape index (κ2) is 6.07. The fourth-order valence-corrected chi connectivity index (χ4v) is 4.87. The highest BCUT2D eigenvalue weighted by molar-refractivity contribution is 7.38. The zero-order valence-corrected chi connectivity index (χ0v) is 14.3. The number of carbonyl (C=O) groups is 1. The average molecular weight is 328 g/mol. The van der Waals surface area contributed by atoms with E-state index in [1.165, 1.54) is 15.0 Å². The molecule has 3 aromatic rings. The Kier molecular flexibility index (Phi) is 4.14. The summed E-state index contributed by atoms with van der Waals surface area (Å²) in [6.45, 7) is 4.13. The lowest BCUT2D eigenvalue weighted by Crippen LogP contribution is -1.92. The van der Waals surface area contributed by atoms with Crippen molar-refractivity contribution in [3.05, 3.63) is 57.3 Å². The van der Waals surface area contributed by atoms with Gasteiger partial charge in [-0.15, -0.1) is 22.7 Å². The molecule has 0 amide bonds. The van der Waals surface area contributed by atoms with Crippen molar-refractivity contribution < 1.29 is 9.53 Å². The summed E-state index contributed by atoms with van der Waals surface area (Å²) in [6.07, 6.45) is 3.50. The number of benzene rings is 1. The molecule has 0 bridgehead atoms. The van der Waals surface area contributed by atoms with Crippen LogP contribution in [0.25, 0.3) is 15.5 Å². The van der Waals surface area contributed by atoms with Crippen molar-refractivity contribution in [2.45, 2.75) is 13.8 Å². The molecule has 112 valence electrons. The molecule has 0 N–H and O–H groups in total. The van der Waals surface area contributed by atoms with Crippen LogP contribution in [-0.2, 0) is 0 Å². The van der Waals surface area contributed by atoms with Gasteiger partial charge in [0.15, 0.2) is 5.78 Å². The van der Waals surface area contributed by atoms with Gasteiger partial charge in [-0.3, -0.25) is 4.79 Å². The van der Waals surface area contributed by atoms with Crippen LogP contribution in [0.1, 0.15) is 26.4 Å². The van der Waals surface area contributed by atoms with Gasteiger partial charge in [0.2, 0.25) is 0 Å². The zero-order chi connectivity index (χ0) is 15.7. The summed E-state index contributed by atoms with van der Waals surface area (Å²) >= 11 is 3.30. The quantitative estimate of drug-likeness (QED) is 0.468. The summed E-state index contributed by atoms with van der Waals surface area (Å²) < 4.78 is 6.36. The van der Waals surface area contributed by atoms with E-state index in [9.17, 15) is 4.79 Å². The van der Waals surface area contributed by atoms with Gasteiger partial charge in [0.25, 0.3) is 0 Å². The van der Waals surface area contributed by atoms with E-state index < -0.39 is 0 Å². The van der Waals surface area contributed by atoms with E-state index in [0.29, 0.717) is 0 Å². The molecule has 0 unspecified atom stereocenters. The van der Waals surface area contributed by atoms with Gasteiger partial charge in [-0.1, -0.05) is 18.2 Å². The molecular weight excluding hydrogens is 312 g/mol. The summed E-state index contributed by atoms with van der Waals surface area (Å²) in [5.41, 5.74) is 3.34. The number of aryl methyl sites for hydroxylation is 2. The largest absolute Gasteiger partial charge is 0.497 e. The lowest BCUT2D eigenvalue weighted by molar-refractivity contribution is 0.105. The van der Waals surface area contributed by atoms with Crippen LogP contribution in [0.5, 0.6) is 5.75 Å². The highest BCUT2D eigenvalue weighted by atomic mass is 32.2. The molecule has 3 rings (SSSR count). The normalized spacial score (nSPS) is 11.4. The summed E-state index contributed by atoms with van der Waals surface area (Å²) in [6, 6.07) is 7.65. The minimum Gasteiger partial charge on any atom is -0.497 e. The summed E-state index contributed by atoms with van der Waals surface area (Å²) in [4.78, 5) is 13.3. The van der Waals surface area contributed by atoms with Gasteiger partial charge in [0.1, 0.15) is 5.75 Å². The number of hydrogen-bond acceptors (Lipinski definition) is 4. The smallest absolute Gasteiger partial charge is 0.196 e. The molecule has 22 heavy (non-hydrogen) atoms. The Balaban J connectivity index is 1.85. The second-order valence-corrected chi connectivity index (χ2v) is 7.27. The van der Waals surface area contributed by atoms with Gasteiger partial charge < -0.3 is 4.74 Å². The second-order valence-electron chi connectivity index (χ2n) is 5.11. The first-order chi connectivity index (χ1) is 10.6. The van der Waals surface area contributed by atoms with Crippen LogP contribution in [-0.4, -0.2) is 12.9 Å². The molecule has 0 aliphatic carbocycles. The molecule has 0 fully saturated rings. The molecule has 2 nitrogen and oxygen atoms in total. The molecule has 0 atom stereocenters. The van der Waals surface area contributed by atoms with Gasteiger partial charge in [-0.25, -0.2) is 0 Å². The van der Waals surface area contributed by atoms with E-state index in [-0.39, 0.29) is 5.78 Å². The van der Waals surface area contributed by atoms with Gasteiger partial charge in [0, 0.05) is 5.39 Å². The van der Waals surface area contributed by atoms with Gasteiger partial charge in [-0.05, 0) is 54.1 Å². The monoisotopic (exact) mass is 328 g/mol. The van der Waals surface area contributed by atoms with Crippen LogP contribution >= 0.6 is 22.7 Å². The first-order valence-corrected chi connectivity index (χ1v) is 8.63. The molecule has 2 aromatic heterocycles. The van der Waals surface area contributed by atoms with Crippen molar-refractivity contribution in [2.24, 2.45) is 0 Å². The number of allylic oxidation sites excluding steroid dienone is 1. The van der Waals surface area contributed by atoms with Crippen LogP contribution < -0.4 is 4.74 Å². The Morgan fingerprint density at radius 2 is 1.91 bits per heavy atom. The SMILES string of the molecule is COc1ccc(/C=C/C(=O)c2sc3scc(C)c3c2C)cc1. The van der Waals surface area contributed by atoms with E-state index in [1.54, 1.807) is 35.9 Å². The first kappa shape index (κ1) is 15.0. The number of hydrogen-bond donors (Lipinski definition) is 0. The lowest BCUT2D eigenvalue weighted by Gasteiger charge is -1.99. The Morgan fingerprint density at radius 3 is 2.55 bits per heavy atom. The maximum atomic E-state index is 12.4. The average Bonchev–Trinajstić information content (AvgIpc) is 3.06. The first-order valence-electron chi connectivity index (χ1n) is 6.94. The third-order valence-corrected chi connectivity index (χ3v) is 6.15. The van der Waals surface area contributed by atoms with Crippen molar-refractivity contribution in [2.75, 3.05) is 7.11 Å². The number of fused-ring (bicyclic) bond motifs is 1. The van der Waals surface area contributed by atoms with Gasteiger partial charge in [-0.2, -0.15) is 0 Å². The van der Waals surface area contributed by atoms with Crippen LogP contribution in [0.2, 0.25) is 0 Å². The standard InChI is InChI=1S/C18H16O2S2/c1-11-10-21-18-16(11)12(2)17(22-18)15(19)9-6-13-4-7-14(20-3)8-5-13/h4-10H,1-3H3/b9-6+. The maximum Gasteiger partial charge on any atom is 0.196 e.